The van der Waals surface area contributed by atoms with Crippen LogP contribution in [0.3, 0.4) is 0 Å². The Morgan fingerprint density at radius 3 is 2.09 bits per heavy atom. The molecule has 3 aromatic rings. The minimum Gasteiger partial charge on any atom is -0.478 e. The molecule has 0 saturated heterocycles. The van der Waals surface area contributed by atoms with E-state index in [1.54, 1.807) is 12.1 Å². The fourth-order valence-electron chi connectivity index (χ4n) is 2.90. The molecule has 1 aromatic heterocycles. The van der Waals surface area contributed by atoms with Crippen LogP contribution in [0.2, 0.25) is 0 Å². The van der Waals surface area contributed by atoms with Gasteiger partial charge in [0.25, 0.3) is 11.8 Å². The van der Waals surface area contributed by atoms with E-state index in [1.165, 1.54) is 55.6 Å². The standard InChI is InChI=1S/C23H18N4O6S/c1-33-23(32)17-11-10-16(26-21(29)14-4-2-3-5-15(14)22(30)31)19(25-17)27-20(28)13-8-6-12(7-9-13)18(24)34/h2-11H,1H3,(H2,24,34)(H,26,29)(H,30,31)(H,25,27,28). The molecule has 0 spiro atoms. The molecule has 0 fully saturated rings. The Kier molecular flexibility index (Phi) is 7.29. The molecule has 0 bridgehead atoms. The van der Waals surface area contributed by atoms with E-state index < -0.39 is 23.8 Å². The predicted octanol–water partition coefficient (Wildman–Crippen LogP) is 2.71. The third-order valence-electron chi connectivity index (χ3n) is 4.60. The number of esters is 1. The van der Waals surface area contributed by atoms with E-state index in [9.17, 15) is 24.3 Å². The van der Waals surface area contributed by atoms with Gasteiger partial charge in [-0.15, -0.1) is 0 Å². The first-order valence-corrected chi connectivity index (χ1v) is 10.1. The summed E-state index contributed by atoms with van der Waals surface area (Å²) in [5, 5.41) is 14.4. The number of carboxylic acids is 1. The average molecular weight is 478 g/mol. The summed E-state index contributed by atoms with van der Waals surface area (Å²) in [6.07, 6.45) is 0. The smallest absolute Gasteiger partial charge is 0.356 e. The number of aromatic carboxylic acids is 1. The molecule has 10 nitrogen and oxygen atoms in total. The molecular weight excluding hydrogens is 460 g/mol. The molecule has 0 atom stereocenters. The molecule has 0 unspecified atom stereocenters. The Balaban J connectivity index is 1.94. The topological polar surface area (TPSA) is 161 Å². The van der Waals surface area contributed by atoms with E-state index in [-0.39, 0.29) is 38.9 Å². The first-order chi connectivity index (χ1) is 16.2. The van der Waals surface area contributed by atoms with Crippen molar-refractivity contribution in [3.63, 3.8) is 0 Å². The van der Waals surface area contributed by atoms with Gasteiger partial charge in [0.05, 0.1) is 23.9 Å². The van der Waals surface area contributed by atoms with Crippen LogP contribution in [-0.4, -0.2) is 45.9 Å². The number of hydrogen-bond donors (Lipinski definition) is 4. The second-order valence-corrected chi connectivity index (χ2v) is 7.22. The van der Waals surface area contributed by atoms with E-state index in [0.717, 1.165) is 0 Å². The van der Waals surface area contributed by atoms with Crippen molar-refractivity contribution in [1.29, 1.82) is 0 Å². The summed E-state index contributed by atoms with van der Waals surface area (Å²) >= 11 is 4.90. The van der Waals surface area contributed by atoms with Crippen LogP contribution in [0.25, 0.3) is 0 Å². The highest BCUT2D eigenvalue weighted by molar-refractivity contribution is 7.80. The predicted molar refractivity (Wildman–Crippen MR) is 127 cm³/mol. The molecule has 11 heteroatoms. The largest absolute Gasteiger partial charge is 0.478 e. The normalized spacial score (nSPS) is 10.1. The third-order valence-corrected chi connectivity index (χ3v) is 4.84. The van der Waals surface area contributed by atoms with Crippen LogP contribution >= 0.6 is 12.2 Å². The summed E-state index contributed by atoms with van der Waals surface area (Å²) in [6, 6.07) is 14.4. The summed E-state index contributed by atoms with van der Waals surface area (Å²) in [4.78, 5) is 53.2. The molecule has 2 amide bonds. The van der Waals surface area contributed by atoms with Gasteiger partial charge in [-0.3, -0.25) is 9.59 Å². The van der Waals surface area contributed by atoms with Gasteiger partial charge in [0.2, 0.25) is 0 Å². The molecule has 172 valence electrons. The van der Waals surface area contributed by atoms with Crippen LogP contribution < -0.4 is 16.4 Å². The van der Waals surface area contributed by atoms with Gasteiger partial charge in [0, 0.05) is 11.1 Å². The van der Waals surface area contributed by atoms with E-state index in [0.29, 0.717) is 5.56 Å². The van der Waals surface area contributed by atoms with Crippen LogP contribution in [0.5, 0.6) is 0 Å². The number of nitrogens with zero attached hydrogens (tertiary/aromatic N) is 1. The Morgan fingerprint density at radius 1 is 0.882 bits per heavy atom. The van der Waals surface area contributed by atoms with Gasteiger partial charge in [-0.05, 0) is 36.4 Å². The Hall–Kier alpha value is -4.64. The van der Waals surface area contributed by atoms with Crippen LogP contribution in [0, 0.1) is 0 Å². The third kappa shape index (κ3) is 5.40. The van der Waals surface area contributed by atoms with E-state index >= 15 is 0 Å². The van der Waals surface area contributed by atoms with Crippen molar-refractivity contribution in [1.82, 2.24) is 4.98 Å². The summed E-state index contributed by atoms with van der Waals surface area (Å²) in [7, 11) is 1.17. The monoisotopic (exact) mass is 478 g/mol. The lowest BCUT2D eigenvalue weighted by atomic mass is 10.1. The minimum absolute atomic E-state index is 0.0333. The van der Waals surface area contributed by atoms with Crippen molar-refractivity contribution in [2.24, 2.45) is 5.73 Å². The van der Waals surface area contributed by atoms with Crippen LogP contribution in [0.1, 0.15) is 47.1 Å². The van der Waals surface area contributed by atoms with Crippen molar-refractivity contribution in [3.05, 3.63) is 88.6 Å². The molecule has 5 N–H and O–H groups in total. The van der Waals surface area contributed by atoms with Gasteiger partial charge >= 0.3 is 11.9 Å². The summed E-state index contributed by atoms with van der Waals surface area (Å²) in [5.41, 5.74) is 5.98. The lowest BCUT2D eigenvalue weighted by Crippen LogP contribution is -2.20. The quantitative estimate of drug-likeness (QED) is 0.295. The molecule has 3 rings (SSSR count). The highest BCUT2D eigenvalue weighted by atomic mass is 32.1. The maximum Gasteiger partial charge on any atom is 0.356 e. The highest BCUT2D eigenvalue weighted by Crippen LogP contribution is 2.23. The number of methoxy groups -OCH3 is 1. The summed E-state index contributed by atoms with van der Waals surface area (Å²) < 4.78 is 4.66. The molecule has 0 saturated carbocycles. The lowest BCUT2D eigenvalue weighted by Gasteiger charge is -2.14. The first-order valence-electron chi connectivity index (χ1n) is 9.65. The first kappa shape index (κ1) is 24.0. The Bertz CT molecular complexity index is 1310. The maximum absolute atomic E-state index is 12.8. The SMILES string of the molecule is COC(=O)c1ccc(NC(=O)c2ccccc2C(=O)O)c(NC(=O)c2ccc(C(N)=S)cc2)n1. The highest BCUT2D eigenvalue weighted by Gasteiger charge is 2.20. The van der Waals surface area contributed by atoms with Gasteiger partial charge in [-0.1, -0.05) is 36.5 Å². The minimum atomic E-state index is -1.28. The van der Waals surface area contributed by atoms with Gasteiger partial charge < -0.3 is 26.2 Å². The molecule has 34 heavy (non-hydrogen) atoms. The number of carbonyl (C=O) groups is 4. The lowest BCUT2D eigenvalue weighted by molar-refractivity contribution is 0.0593. The van der Waals surface area contributed by atoms with Crippen LogP contribution in [-0.2, 0) is 4.74 Å². The fourth-order valence-corrected chi connectivity index (χ4v) is 3.03. The van der Waals surface area contributed by atoms with Crippen LogP contribution in [0.4, 0.5) is 11.5 Å². The number of benzene rings is 2. The second-order valence-electron chi connectivity index (χ2n) is 6.78. The number of nitrogens with two attached hydrogens (primary N) is 1. The number of carboxylic acid groups (broad SMARTS) is 1. The molecule has 0 aliphatic carbocycles. The number of thiocarbonyl (C=S) groups is 1. The van der Waals surface area contributed by atoms with Crippen molar-refractivity contribution < 1.29 is 29.0 Å². The second kappa shape index (κ2) is 10.3. The van der Waals surface area contributed by atoms with Crippen molar-refractivity contribution in [2.45, 2.75) is 0 Å². The molecule has 0 aliphatic rings. The van der Waals surface area contributed by atoms with Gasteiger partial charge in [0.15, 0.2) is 11.5 Å². The van der Waals surface area contributed by atoms with Crippen LogP contribution in [0.15, 0.2) is 60.7 Å². The molecule has 0 aliphatic heterocycles. The van der Waals surface area contributed by atoms with Crippen molar-refractivity contribution >= 4 is 52.5 Å². The van der Waals surface area contributed by atoms with E-state index in [4.69, 9.17) is 18.0 Å². The zero-order valence-corrected chi connectivity index (χ0v) is 18.5. The Labute approximate surface area is 198 Å². The molecular formula is C23H18N4O6S. The van der Waals surface area contributed by atoms with Gasteiger partial charge in [-0.2, -0.15) is 0 Å². The number of rotatable bonds is 7. The zero-order chi connectivity index (χ0) is 24.8. The number of carbonyl (C=O) groups excluding carboxylic acids is 3. The summed E-state index contributed by atoms with van der Waals surface area (Å²) in [5.74, 6) is -3.52. The number of pyridine rings is 1. The van der Waals surface area contributed by atoms with E-state index in [1.807, 2.05) is 0 Å². The average Bonchev–Trinajstić information content (AvgIpc) is 2.84. The van der Waals surface area contributed by atoms with Gasteiger partial charge in [-0.25, -0.2) is 14.6 Å². The zero-order valence-electron chi connectivity index (χ0n) is 17.7. The van der Waals surface area contributed by atoms with Crippen molar-refractivity contribution in [3.8, 4) is 0 Å². The molecule has 0 radical (unpaired) electrons. The number of aromatic nitrogens is 1. The summed E-state index contributed by atoms with van der Waals surface area (Å²) in [6.45, 7) is 0. The number of nitrogens with one attached hydrogen (secondary N) is 2. The number of ether oxygens (including phenoxy) is 1. The van der Waals surface area contributed by atoms with Crippen molar-refractivity contribution in [2.75, 3.05) is 17.7 Å². The fraction of sp³-hybridized carbons (Fsp3) is 0.0435. The molecule has 2 aromatic carbocycles. The number of hydrogen-bond acceptors (Lipinski definition) is 7. The maximum atomic E-state index is 12.8. The van der Waals surface area contributed by atoms with Gasteiger partial charge in [0.1, 0.15) is 4.99 Å². The molecule has 1 heterocycles. The number of amides is 2. The van der Waals surface area contributed by atoms with E-state index in [2.05, 4.69) is 20.4 Å². The number of anilines is 2. The Morgan fingerprint density at radius 2 is 1.50 bits per heavy atom.